The van der Waals surface area contributed by atoms with Crippen molar-refractivity contribution in [3.63, 3.8) is 0 Å². The Morgan fingerprint density at radius 3 is 2.26 bits per heavy atom. The van der Waals surface area contributed by atoms with E-state index in [9.17, 15) is 19.2 Å². The second-order valence-electron chi connectivity index (χ2n) is 9.71. The largest absolute Gasteiger partial charge is 0.479 e. The van der Waals surface area contributed by atoms with Gasteiger partial charge >= 0.3 is 0 Å². The lowest BCUT2D eigenvalue weighted by atomic mass is 9.91. The number of carbonyl (C=O) groups excluding carboxylic acids is 4. The molecule has 206 valence electrons. The van der Waals surface area contributed by atoms with Crippen LogP contribution < -0.4 is 15.4 Å². The van der Waals surface area contributed by atoms with Crippen molar-refractivity contribution in [2.24, 2.45) is 11.3 Å². The highest BCUT2D eigenvalue weighted by atomic mass is 16.5. The van der Waals surface area contributed by atoms with Crippen LogP contribution in [0.5, 0.6) is 5.88 Å². The SMILES string of the molecule is COC[C@H](CC(=O)[C@H](COC)NC(=O)c1cc(OC)no1)C(=O)N[C@@H](Cc1ccccc1)C(=O)C1(C)CC1. The number of aromatic nitrogens is 1. The number of hydrogen-bond donors (Lipinski definition) is 2. The van der Waals surface area contributed by atoms with E-state index in [0.717, 1.165) is 18.4 Å². The Morgan fingerprint density at radius 1 is 1.00 bits per heavy atom. The quantitative estimate of drug-likeness (QED) is 0.332. The van der Waals surface area contributed by atoms with Crippen LogP contribution in [0.15, 0.2) is 40.9 Å². The van der Waals surface area contributed by atoms with E-state index in [1.165, 1.54) is 27.4 Å². The number of rotatable bonds is 16. The number of hydrogen-bond acceptors (Lipinski definition) is 9. The van der Waals surface area contributed by atoms with Gasteiger partial charge in [-0.15, -0.1) is 0 Å². The summed E-state index contributed by atoms with van der Waals surface area (Å²) in [5.74, 6) is -2.53. The molecule has 3 atom stereocenters. The van der Waals surface area contributed by atoms with Crippen LogP contribution in [0, 0.1) is 11.3 Å². The van der Waals surface area contributed by atoms with Crippen molar-refractivity contribution in [2.45, 2.75) is 44.7 Å². The van der Waals surface area contributed by atoms with Crippen LogP contribution in [0.1, 0.15) is 42.3 Å². The van der Waals surface area contributed by atoms with Crippen molar-refractivity contribution in [1.82, 2.24) is 15.8 Å². The first-order valence-electron chi connectivity index (χ1n) is 12.4. The van der Waals surface area contributed by atoms with Gasteiger partial charge in [0.25, 0.3) is 11.8 Å². The third-order valence-corrected chi connectivity index (χ3v) is 6.65. The van der Waals surface area contributed by atoms with Crippen LogP contribution >= 0.6 is 0 Å². The number of ketones is 2. The fraction of sp³-hybridized carbons (Fsp3) is 0.519. The molecule has 3 rings (SSSR count). The van der Waals surface area contributed by atoms with E-state index in [4.69, 9.17) is 18.7 Å². The number of methoxy groups -OCH3 is 3. The first-order chi connectivity index (χ1) is 18.2. The molecule has 1 aliphatic carbocycles. The van der Waals surface area contributed by atoms with Gasteiger partial charge in [-0.1, -0.05) is 37.3 Å². The molecule has 0 spiro atoms. The first-order valence-corrected chi connectivity index (χ1v) is 12.4. The molecule has 0 unspecified atom stereocenters. The summed E-state index contributed by atoms with van der Waals surface area (Å²) in [5, 5.41) is 8.99. The Balaban J connectivity index is 1.70. The zero-order valence-electron chi connectivity index (χ0n) is 22.2. The van der Waals surface area contributed by atoms with Gasteiger partial charge in [0, 0.05) is 26.1 Å². The summed E-state index contributed by atoms with van der Waals surface area (Å²) in [4.78, 5) is 52.3. The van der Waals surface area contributed by atoms with Crippen LogP contribution in [0.25, 0.3) is 0 Å². The van der Waals surface area contributed by atoms with E-state index in [1.807, 2.05) is 37.3 Å². The van der Waals surface area contributed by atoms with Gasteiger partial charge in [-0.2, -0.15) is 0 Å². The number of nitrogens with one attached hydrogen (secondary N) is 2. The Hall–Kier alpha value is -3.57. The van der Waals surface area contributed by atoms with Gasteiger partial charge in [-0.25, -0.2) is 0 Å². The van der Waals surface area contributed by atoms with Crippen molar-refractivity contribution in [1.29, 1.82) is 0 Å². The molecule has 38 heavy (non-hydrogen) atoms. The summed E-state index contributed by atoms with van der Waals surface area (Å²) < 4.78 is 20.2. The van der Waals surface area contributed by atoms with Crippen LogP contribution in [-0.4, -0.2) is 75.2 Å². The molecule has 11 nitrogen and oxygen atoms in total. The van der Waals surface area contributed by atoms with Crippen LogP contribution in [0.3, 0.4) is 0 Å². The minimum absolute atomic E-state index is 0.0239. The Morgan fingerprint density at radius 2 is 1.68 bits per heavy atom. The van der Waals surface area contributed by atoms with Crippen molar-refractivity contribution >= 4 is 23.4 Å². The summed E-state index contributed by atoms with van der Waals surface area (Å²) in [6.07, 6.45) is 1.67. The molecular formula is C27H35N3O8. The third kappa shape index (κ3) is 7.72. The zero-order valence-corrected chi connectivity index (χ0v) is 22.2. The van der Waals surface area contributed by atoms with E-state index in [0.29, 0.717) is 6.42 Å². The predicted octanol–water partition coefficient (Wildman–Crippen LogP) is 1.75. The fourth-order valence-corrected chi connectivity index (χ4v) is 4.09. The molecule has 1 heterocycles. The van der Waals surface area contributed by atoms with Gasteiger partial charge in [0.05, 0.1) is 38.3 Å². The number of carbonyl (C=O) groups is 4. The van der Waals surface area contributed by atoms with E-state index in [-0.39, 0.29) is 37.1 Å². The Bertz CT molecular complexity index is 1110. The van der Waals surface area contributed by atoms with E-state index in [1.54, 1.807) is 0 Å². The maximum absolute atomic E-state index is 13.3. The lowest BCUT2D eigenvalue weighted by molar-refractivity contribution is -0.135. The molecule has 1 aromatic carbocycles. The van der Waals surface area contributed by atoms with Crippen LogP contribution in [0.4, 0.5) is 0 Å². The second-order valence-corrected chi connectivity index (χ2v) is 9.71. The molecule has 0 bridgehead atoms. The Kier molecular flexibility index (Phi) is 10.1. The zero-order chi connectivity index (χ0) is 27.7. The van der Waals surface area contributed by atoms with Crippen molar-refractivity contribution in [3.05, 3.63) is 47.7 Å². The topological polar surface area (TPSA) is 146 Å². The molecule has 1 fully saturated rings. The van der Waals surface area contributed by atoms with Crippen molar-refractivity contribution in [2.75, 3.05) is 34.5 Å². The number of Topliss-reactive ketones (excluding diaryl/α,β-unsaturated/α-hetero) is 2. The highest BCUT2D eigenvalue weighted by molar-refractivity contribution is 5.98. The molecule has 2 aromatic rings. The van der Waals surface area contributed by atoms with Gasteiger partial charge in [-0.3, -0.25) is 19.2 Å². The fourth-order valence-electron chi connectivity index (χ4n) is 4.09. The molecule has 1 aliphatic rings. The first kappa shape index (κ1) is 29.0. The summed E-state index contributed by atoms with van der Waals surface area (Å²) in [6, 6.07) is 8.95. The number of ether oxygens (including phenoxy) is 3. The molecule has 1 saturated carbocycles. The summed E-state index contributed by atoms with van der Waals surface area (Å²) in [6.45, 7) is 1.73. The monoisotopic (exact) mass is 529 g/mol. The van der Waals surface area contributed by atoms with Crippen LogP contribution in [0.2, 0.25) is 0 Å². The highest BCUT2D eigenvalue weighted by Crippen LogP contribution is 2.46. The normalized spacial score (nSPS) is 16.1. The van der Waals surface area contributed by atoms with Gasteiger partial charge in [-0.05, 0) is 30.0 Å². The molecular weight excluding hydrogens is 494 g/mol. The standard InChI is InChI=1S/C27H35N3O8/c1-27(10-11-27)24(32)19(12-17-8-6-5-7-9-17)28-25(33)18(15-35-2)13-21(31)20(16-36-3)29-26(34)22-14-23(37-4)30-38-22/h5-9,14,18-20H,10-13,15-16H2,1-4H3,(H,28,33)(H,29,34)/t18-,19-,20-/m0/s1. The predicted molar refractivity (Wildman–Crippen MR) is 136 cm³/mol. The molecule has 2 N–H and O–H groups in total. The van der Waals surface area contributed by atoms with Gasteiger partial charge < -0.3 is 29.4 Å². The van der Waals surface area contributed by atoms with Gasteiger partial charge in [0.15, 0.2) is 11.6 Å². The molecule has 1 aromatic heterocycles. The van der Waals surface area contributed by atoms with Gasteiger partial charge in [0.1, 0.15) is 6.04 Å². The van der Waals surface area contributed by atoms with Gasteiger partial charge in [0.2, 0.25) is 11.7 Å². The molecule has 0 aliphatic heterocycles. The molecule has 0 saturated heterocycles. The lowest BCUT2D eigenvalue weighted by Gasteiger charge is -2.25. The lowest BCUT2D eigenvalue weighted by Crippen LogP contribution is -2.49. The average Bonchev–Trinajstić information content (AvgIpc) is 3.47. The highest BCUT2D eigenvalue weighted by Gasteiger charge is 2.48. The summed E-state index contributed by atoms with van der Waals surface area (Å²) in [7, 11) is 4.19. The van der Waals surface area contributed by atoms with E-state index < -0.39 is 41.0 Å². The number of benzene rings is 1. The number of amides is 2. The third-order valence-electron chi connectivity index (χ3n) is 6.65. The van der Waals surface area contributed by atoms with Crippen molar-refractivity contribution in [3.8, 4) is 5.88 Å². The minimum atomic E-state index is -1.05. The summed E-state index contributed by atoms with van der Waals surface area (Å²) >= 11 is 0. The molecule has 0 radical (unpaired) electrons. The molecule has 11 heteroatoms. The summed E-state index contributed by atoms with van der Waals surface area (Å²) in [5.41, 5.74) is 0.470. The average molecular weight is 530 g/mol. The van der Waals surface area contributed by atoms with E-state index >= 15 is 0 Å². The second kappa shape index (κ2) is 13.3. The maximum atomic E-state index is 13.3. The van der Waals surface area contributed by atoms with Crippen LogP contribution in [-0.2, 0) is 30.3 Å². The smallest absolute Gasteiger partial charge is 0.290 e. The molecule has 2 amide bonds. The number of nitrogens with zero attached hydrogens (tertiary/aromatic N) is 1. The maximum Gasteiger partial charge on any atom is 0.290 e. The van der Waals surface area contributed by atoms with Crippen molar-refractivity contribution < 1.29 is 37.9 Å². The Labute approximate surface area is 221 Å². The van der Waals surface area contributed by atoms with E-state index in [2.05, 4.69) is 15.8 Å². The minimum Gasteiger partial charge on any atom is -0.479 e.